The summed E-state index contributed by atoms with van der Waals surface area (Å²) in [6.07, 6.45) is 0.940. The van der Waals surface area contributed by atoms with Crippen molar-refractivity contribution < 1.29 is 14.6 Å². The predicted octanol–water partition coefficient (Wildman–Crippen LogP) is 2.88. The fourth-order valence-electron chi connectivity index (χ4n) is 1.75. The Bertz CT molecular complexity index is 385. The standard InChI is InChI=1S/C13H21NO3.ClH/c1-5-8(2)13(14)12-10(15)6-9(16-3)7-11(12)17-4;/h6-8,13,15H,5,14H2,1-4H3;1H/t8?,13-;/m0./s1. The zero-order valence-corrected chi connectivity index (χ0v) is 12.1. The number of methoxy groups -OCH3 is 2. The van der Waals surface area contributed by atoms with Crippen LogP contribution in [0.25, 0.3) is 0 Å². The number of ether oxygens (including phenoxy) is 2. The lowest BCUT2D eigenvalue weighted by atomic mass is 9.92. The molecular formula is C13H22ClNO3. The number of nitrogens with two attached hydrogens (primary N) is 1. The first kappa shape index (κ1) is 16.9. The summed E-state index contributed by atoms with van der Waals surface area (Å²) in [7, 11) is 3.10. The van der Waals surface area contributed by atoms with E-state index in [4.69, 9.17) is 15.2 Å². The van der Waals surface area contributed by atoms with Crippen molar-refractivity contribution in [2.24, 2.45) is 11.7 Å². The Labute approximate surface area is 115 Å². The van der Waals surface area contributed by atoms with Gasteiger partial charge in [0.25, 0.3) is 0 Å². The molecule has 0 saturated carbocycles. The van der Waals surface area contributed by atoms with Crippen LogP contribution in [0.15, 0.2) is 12.1 Å². The first-order valence-electron chi connectivity index (χ1n) is 5.75. The quantitative estimate of drug-likeness (QED) is 0.867. The first-order valence-corrected chi connectivity index (χ1v) is 5.75. The van der Waals surface area contributed by atoms with E-state index in [2.05, 4.69) is 6.92 Å². The summed E-state index contributed by atoms with van der Waals surface area (Å²) in [5.41, 5.74) is 6.78. The van der Waals surface area contributed by atoms with Gasteiger partial charge in [0, 0.05) is 18.2 Å². The molecule has 0 spiro atoms. The molecule has 0 bridgehead atoms. The smallest absolute Gasteiger partial charge is 0.131 e. The van der Waals surface area contributed by atoms with E-state index in [0.29, 0.717) is 17.1 Å². The van der Waals surface area contributed by atoms with Gasteiger partial charge in [0.2, 0.25) is 0 Å². The predicted molar refractivity (Wildman–Crippen MR) is 74.8 cm³/mol. The third-order valence-corrected chi connectivity index (χ3v) is 3.14. The summed E-state index contributed by atoms with van der Waals surface area (Å²) in [5, 5.41) is 10.0. The molecule has 3 N–H and O–H groups in total. The summed E-state index contributed by atoms with van der Waals surface area (Å²) < 4.78 is 10.3. The second-order valence-electron chi connectivity index (χ2n) is 4.17. The molecule has 2 atom stereocenters. The number of phenolic OH excluding ortho intramolecular Hbond substituents is 1. The molecule has 0 radical (unpaired) electrons. The van der Waals surface area contributed by atoms with Gasteiger partial charge < -0.3 is 20.3 Å². The van der Waals surface area contributed by atoms with Crippen LogP contribution < -0.4 is 15.2 Å². The Morgan fingerprint density at radius 3 is 2.33 bits per heavy atom. The lowest BCUT2D eigenvalue weighted by Gasteiger charge is -2.22. The monoisotopic (exact) mass is 275 g/mol. The molecule has 0 fully saturated rings. The minimum atomic E-state index is -0.249. The Balaban J connectivity index is 0.00000289. The molecule has 0 aromatic heterocycles. The van der Waals surface area contributed by atoms with Crippen molar-refractivity contribution in [2.45, 2.75) is 26.3 Å². The lowest BCUT2D eigenvalue weighted by Crippen LogP contribution is -2.19. The Morgan fingerprint density at radius 2 is 1.89 bits per heavy atom. The third kappa shape index (κ3) is 3.43. The van der Waals surface area contributed by atoms with Gasteiger partial charge >= 0.3 is 0 Å². The maximum Gasteiger partial charge on any atom is 0.131 e. The molecule has 0 heterocycles. The molecule has 0 saturated heterocycles. The highest BCUT2D eigenvalue weighted by molar-refractivity contribution is 5.85. The number of hydrogen-bond donors (Lipinski definition) is 2. The lowest BCUT2D eigenvalue weighted by molar-refractivity contribution is 0.360. The van der Waals surface area contributed by atoms with Gasteiger partial charge in [-0.1, -0.05) is 20.3 Å². The van der Waals surface area contributed by atoms with Gasteiger partial charge in [0.1, 0.15) is 17.2 Å². The van der Waals surface area contributed by atoms with Gasteiger partial charge in [-0.3, -0.25) is 0 Å². The fourth-order valence-corrected chi connectivity index (χ4v) is 1.75. The zero-order chi connectivity index (χ0) is 13.0. The highest BCUT2D eigenvalue weighted by Crippen LogP contribution is 2.39. The summed E-state index contributed by atoms with van der Waals surface area (Å²) >= 11 is 0. The molecule has 1 unspecified atom stereocenters. The van der Waals surface area contributed by atoms with E-state index in [0.717, 1.165) is 6.42 Å². The summed E-state index contributed by atoms with van der Waals surface area (Å²) in [4.78, 5) is 0. The molecule has 4 nitrogen and oxygen atoms in total. The SMILES string of the molecule is CCC(C)[C@H](N)c1c(O)cc(OC)cc1OC.Cl. The van der Waals surface area contributed by atoms with Crippen molar-refractivity contribution in [1.29, 1.82) is 0 Å². The minimum Gasteiger partial charge on any atom is -0.507 e. The maximum atomic E-state index is 10.0. The van der Waals surface area contributed by atoms with Gasteiger partial charge in [-0.25, -0.2) is 0 Å². The maximum absolute atomic E-state index is 10.0. The summed E-state index contributed by atoms with van der Waals surface area (Å²) in [5.74, 6) is 1.51. The molecule has 0 aliphatic heterocycles. The van der Waals surface area contributed by atoms with E-state index in [-0.39, 0.29) is 30.1 Å². The van der Waals surface area contributed by atoms with Crippen LogP contribution in [0, 0.1) is 5.92 Å². The van der Waals surface area contributed by atoms with Gasteiger partial charge in [-0.05, 0) is 5.92 Å². The second-order valence-corrected chi connectivity index (χ2v) is 4.17. The Hall–Kier alpha value is -1.13. The van der Waals surface area contributed by atoms with E-state index in [9.17, 15) is 5.11 Å². The number of halogens is 1. The van der Waals surface area contributed by atoms with Gasteiger partial charge in [-0.15, -0.1) is 12.4 Å². The van der Waals surface area contributed by atoms with Crippen molar-refractivity contribution in [3.63, 3.8) is 0 Å². The molecule has 5 heteroatoms. The van der Waals surface area contributed by atoms with Crippen LogP contribution in [0.3, 0.4) is 0 Å². The third-order valence-electron chi connectivity index (χ3n) is 3.14. The molecule has 1 aromatic carbocycles. The van der Waals surface area contributed by atoms with Gasteiger partial charge in [-0.2, -0.15) is 0 Å². The minimum absolute atomic E-state index is 0. The van der Waals surface area contributed by atoms with Crippen LogP contribution >= 0.6 is 12.4 Å². The second kappa shape index (κ2) is 7.34. The van der Waals surface area contributed by atoms with Gasteiger partial charge in [0.05, 0.1) is 19.8 Å². The van der Waals surface area contributed by atoms with Crippen molar-refractivity contribution in [2.75, 3.05) is 14.2 Å². The zero-order valence-electron chi connectivity index (χ0n) is 11.3. The van der Waals surface area contributed by atoms with Crippen LogP contribution in [-0.4, -0.2) is 19.3 Å². The van der Waals surface area contributed by atoms with Crippen molar-refractivity contribution in [3.8, 4) is 17.2 Å². The van der Waals surface area contributed by atoms with Crippen LogP contribution in [-0.2, 0) is 0 Å². The van der Waals surface area contributed by atoms with E-state index in [1.165, 1.54) is 0 Å². The van der Waals surface area contributed by atoms with Crippen molar-refractivity contribution in [1.82, 2.24) is 0 Å². The molecule has 0 aliphatic carbocycles. The Morgan fingerprint density at radius 1 is 1.28 bits per heavy atom. The topological polar surface area (TPSA) is 64.7 Å². The van der Waals surface area contributed by atoms with Crippen LogP contribution in [0.5, 0.6) is 17.2 Å². The normalized spacial score (nSPS) is 13.4. The van der Waals surface area contributed by atoms with E-state index in [1.807, 2.05) is 6.92 Å². The average molecular weight is 276 g/mol. The van der Waals surface area contributed by atoms with Crippen molar-refractivity contribution in [3.05, 3.63) is 17.7 Å². The molecule has 1 rings (SSSR count). The average Bonchev–Trinajstić information content (AvgIpc) is 2.35. The molecule has 0 amide bonds. The number of phenols is 1. The summed E-state index contributed by atoms with van der Waals surface area (Å²) in [6.45, 7) is 4.12. The Kier molecular flexibility index (Phi) is 6.88. The van der Waals surface area contributed by atoms with Crippen LogP contribution in [0.1, 0.15) is 31.9 Å². The van der Waals surface area contributed by atoms with Crippen LogP contribution in [0.4, 0.5) is 0 Å². The van der Waals surface area contributed by atoms with Crippen molar-refractivity contribution >= 4 is 12.4 Å². The molecular weight excluding hydrogens is 254 g/mol. The number of hydrogen-bond acceptors (Lipinski definition) is 4. The molecule has 104 valence electrons. The van der Waals surface area contributed by atoms with Crippen LogP contribution in [0.2, 0.25) is 0 Å². The number of aromatic hydroxyl groups is 1. The molecule has 0 aliphatic rings. The first-order chi connectivity index (χ1) is 8.04. The highest BCUT2D eigenvalue weighted by atomic mass is 35.5. The molecule has 1 aromatic rings. The van der Waals surface area contributed by atoms with E-state index < -0.39 is 0 Å². The number of rotatable bonds is 5. The van der Waals surface area contributed by atoms with Gasteiger partial charge in [0.15, 0.2) is 0 Å². The molecule has 18 heavy (non-hydrogen) atoms. The fraction of sp³-hybridized carbons (Fsp3) is 0.538. The van der Waals surface area contributed by atoms with E-state index in [1.54, 1.807) is 26.4 Å². The largest absolute Gasteiger partial charge is 0.507 e. The summed E-state index contributed by atoms with van der Waals surface area (Å²) in [6, 6.07) is 3.04. The highest BCUT2D eigenvalue weighted by Gasteiger charge is 2.22. The number of benzene rings is 1. The van der Waals surface area contributed by atoms with E-state index >= 15 is 0 Å².